The molecular formula is C18H24N4O. The highest BCUT2D eigenvalue weighted by molar-refractivity contribution is 5.92. The third-order valence-corrected chi connectivity index (χ3v) is 4.43. The first kappa shape index (κ1) is 15.7. The van der Waals surface area contributed by atoms with Gasteiger partial charge in [-0.15, -0.1) is 0 Å². The Kier molecular flexibility index (Phi) is 4.76. The molecule has 2 heterocycles. The molecule has 1 aliphatic heterocycles. The number of aromatic nitrogens is 2. The second kappa shape index (κ2) is 6.96. The summed E-state index contributed by atoms with van der Waals surface area (Å²) in [6, 6.07) is 12.5. The fraction of sp³-hybridized carbons (Fsp3) is 0.444. The van der Waals surface area contributed by atoms with Crippen LogP contribution in [-0.2, 0) is 6.54 Å². The molecule has 1 saturated heterocycles. The van der Waals surface area contributed by atoms with E-state index >= 15 is 0 Å². The summed E-state index contributed by atoms with van der Waals surface area (Å²) in [5, 5.41) is 4.40. The van der Waals surface area contributed by atoms with E-state index in [-0.39, 0.29) is 11.9 Å². The highest BCUT2D eigenvalue weighted by Gasteiger charge is 2.29. The molecular weight excluding hydrogens is 288 g/mol. The standard InChI is InChI=1S/C18H24N4O/c1-3-10-22-11-9-16(19-22)18(23)21-13-12-20(2)17(14-21)15-7-5-4-6-8-15/h4-9,11,17H,3,10,12-14H2,1-2H3/t17-/m1/s1. The molecule has 0 aliphatic carbocycles. The van der Waals surface area contributed by atoms with Crippen LogP contribution in [-0.4, -0.2) is 52.2 Å². The Labute approximate surface area is 137 Å². The van der Waals surface area contributed by atoms with Crippen LogP contribution in [0, 0.1) is 0 Å². The van der Waals surface area contributed by atoms with Crippen LogP contribution in [0.25, 0.3) is 0 Å². The molecule has 1 aliphatic rings. The Balaban J connectivity index is 1.73. The lowest BCUT2D eigenvalue weighted by Gasteiger charge is -2.39. The number of rotatable bonds is 4. The molecule has 1 amide bonds. The number of likely N-dealkylation sites (N-methyl/N-ethyl adjacent to an activating group) is 1. The molecule has 0 radical (unpaired) electrons. The van der Waals surface area contributed by atoms with Crippen LogP contribution in [0.3, 0.4) is 0 Å². The maximum Gasteiger partial charge on any atom is 0.274 e. The predicted octanol–water partition coefficient (Wildman–Crippen LogP) is 2.42. The quantitative estimate of drug-likeness (QED) is 0.870. The van der Waals surface area contributed by atoms with Gasteiger partial charge in [-0.25, -0.2) is 0 Å². The Morgan fingerprint density at radius 3 is 2.74 bits per heavy atom. The molecule has 5 nitrogen and oxygen atoms in total. The molecule has 1 aromatic heterocycles. The van der Waals surface area contributed by atoms with Crippen molar-refractivity contribution >= 4 is 5.91 Å². The second-order valence-corrected chi connectivity index (χ2v) is 6.12. The van der Waals surface area contributed by atoms with E-state index in [0.29, 0.717) is 12.2 Å². The van der Waals surface area contributed by atoms with Crippen LogP contribution in [0.5, 0.6) is 0 Å². The second-order valence-electron chi connectivity index (χ2n) is 6.12. The topological polar surface area (TPSA) is 41.4 Å². The highest BCUT2D eigenvalue weighted by Crippen LogP contribution is 2.24. The van der Waals surface area contributed by atoms with E-state index in [1.165, 1.54) is 5.56 Å². The van der Waals surface area contributed by atoms with E-state index in [1.54, 1.807) is 0 Å². The minimum atomic E-state index is 0.0360. The summed E-state index contributed by atoms with van der Waals surface area (Å²) in [5.41, 5.74) is 1.80. The minimum Gasteiger partial charge on any atom is -0.334 e. The molecule has 0 spiro atoms. The van der Waals surface area contributed by atoms with Crippen molar-refractivity contribution in [1.82, 2.24) is 19.6 Å². The number of hydrogen-bond acceptors (Lipinski definition) is 3. The number of aryl methyl sites for hydroxylation is 1. The van der Waals surface area contributed by atoms with Crippen LogP contribution in [0.1, 0.15) is 35.4 Å². The molecule has 0 N–H and O–H groups in total. The molecule has 1 aromatic carbocycles. The van der Waals surface area contributed by atoms with E-state index in [2.05, 4.69) is 48.2 Å². The third-order valence-electron chi connectivity index (χ3n) is 4.43. The van der Waals surface area contributed by atoms with Crippen molar-refractivity contribution in [3.05, 3.63) is 53.9 Å². The summed E-state index contributed by atoms with van der Waals surface area (Å²) in [6.45, 7) is 5.29. The number of piperazine rings is 1. The van der Waals surface area contributed by atoms with Crippen molar-refractivity contribution in [3.63, 3.8) is 0 Å². The van der Waals surface area contributed by atoms with Crippen molar-refractivity contribution in [2.24, 2.45) is 0 Å². The molecule has 0 bridgehead atoms. The summed E-state index contributed by atoms with van der Waals surface area (Å²) in [5.74, 6) is 0.0360. The summed E-state index contributed by atoms with van der Waals surface area (Å²) < 4.78 is 1.85. The molecule has 2 aromatic rings. The fourth-order valence-electron chi connectivity index (χ4n) is 3.08. The largest absolute Gasteiger partial charge is 0.334 e. The number of hydrogen-bond donors (Lipinski definition) is 0. The van der Waals surface area contributed by atoms with Crippen LogP contribution >= 0.6 is 0 Å². The van der Waals surface area contributed by atoms with Gasteiger partial charge in [-0.05, 0) is 25.1 Å². The van der Waals surface area contributed by atoms with Crippen molar-refractivity contribution in [2.45, 2.75) is 25.9 Å². The Bertz CT molecular complexity index is 652. The molecule has 3 rings (SSSR count). The van der Waals surface area contributed by atoms with Gasteiger partial charge in [0.25, 0.3) is 5.91 Å². The summed E-state index contributed by atoms with van der Waals surface area (Å²) >= 11 is 0. The first-order valence-electron chi connectivity index (χ1n) is 8.27. The summed E-state index contributed by atoms with van der Waals surface area (Å²) in [6.07, 6.45) is 2.90. The normalized spacial score (nSPS) is 19.0. The van der Waals surface area contributed by atoms with Crippen LogP contribution in [0.4, 0.5) is 0 Å². The Morgan fingerprint density at radius 1 is 1.22 bits per heavy atom. The Hall–Kier alpha value is -2.14. The molecule has 1 fully saturated rings. The first-order chi connectivity index (χ1) is 11.2. The van der Waals surface area contributed by atoms with Gasteiger partial charge in [0.15, 0.2) is 0 Å². The van der Waals surface area contributed by atoms with Gasteiger partial charge in [0.1, 0.15) is 5.69 Å². The maximum absolute atomic E-state index is 12.7. The molecule has 122 valence electrons. The number of carbonyl (C=O) groups excluding carboxylic acids is 1. The van der Waals surface area contributed by atoms with Gasteiger partial charge in [0.2, 0.25) is 0 Å². The maximum atomic E-state index is 12.7. The zero-order valence-electron chi connectivity index (χ0n) is 13.9. The van der Waals surface area contributed by atoms with Gasteiger partial charge in [0.05, 0.1) is 6.04 Å². The lowest BCUT2D eigenvalue weighted by atomic mass is 10.0. The zero-order valence-corrected chi connectivity index (χ0v) is 13.9. The molecule has 0 unspecified atom stereocenters. The van der Waals surface area contributed by atoms with Gasteiger partial charge in [-0.3, -0.25) is 14.4 Å². The van der Waals surface area contributed by atoms with Crippen molar-refractivity contribution in [1.29, 1.82) is 0 Å². The number of carbonyl (C=O) groups is 1. The number of benzene rings is 1. The van der Waals surface area contributed by atoms with Crippen molar-refractivity contribution in [2.75, 3.05) is 26.7 Å². The van der Waals surface area contributed by atoms with Gasteiger partial charge in [-0.2, -0.15) is 5.10 Å². The minimum absolute atomic E-state index is 0.0360. The van der Waals surface area contributed by atoms with Crippen LogP contribution < -0.4 is 0 Å². The summed E-state index contributed by atoms with van der Waals surface area (Å²) in [7, 11) is 2.12. The fourth-order valence-corrected chi connectivity index (χ4v) is 3.08. The van der Waals surface area contributed by atoms with Crippen molar-refractivity contribution in [3.8, 4) is 0 Å². The average Bonchev–Trinajstić information content (AvgIpc) is 3.04. The zero-order chi connectivity index (χ0) is 16.2. The lowest BCUT2D eigenvalue weighted by molar-refractivity contribution is 0.0540. The van der Waals surface area contributed by atoms with E-state index in [1.807, 2.05) is 27.9 Å². The molecule has 0 saturated carbocycles. The van der Waals surface area contributed by atoms with Crippen molar-refractivity contribution < 1.29 is 4.79 Å². The van der Waals surface area contributed by atoms with Crippen LogP contribution in [0.2, 0.25) is 0 Å². The van der Waals surface area contributed by atoms with E-state index in [9.17, 15) is 4.79 Å². The average molecular weight is 312 g/mol. The van der Waals surface area contributed by atoms with Crippen LogP contribution in [0.15, 0.2) is 42.6 Å². The number of nitrogens with zero attached hydrogens (tertiary/aromatic N) is 4. The van der Waals surface area contributed by atoms with E-state index in [4.69, 9.17) is 0 Å². The SMILES string of the molecule is CCCn1ccc(C(=O)N2CCN(C)[C@@H](c3ccccc3)C2)n1. The monoisotopic (exact) mass is 312 g/mol. The van der Waals surface area contributed by atoms with E-state index < -0.39 is 0 Å². The molecule has 23 heavy (non-hydrogen) atoms. The Morgan fingerprint density at radius 2 is 2.00 bits per heavy atom. The van der Waals surface area contributed by atoms with Gasteiger partial charge >= 0.3 is 0 Å². The third kappa shape index (κ3) is 3.45. The number of amides is 1. The smallest absolute Gasteiger partial charge is 0.274 e. The predicted molar refractivity (Wildman–Crippen MR) is 90.2 cm³/mol. The van der Waals surface area contributed by atoms with Gasteiger partial charge < -0.3 is 4.90 Å². The van der Waals surface area contributed by atoms with E-state index in [0.717, 1.165) is 26.1 Å². The summed E-state index contributed by atoms with van der Waals surface area (Å²) in [4.78, 5) is 17.0. The van der Waals surface area contributed by atoms with Gasteiger partial charge in [-0.1, -0.05) is 37.3 Å². The molecule has 5 heteroatoms. The van der Waals surface area contributed by atoms with Gasteiger partial charge in [0, 0.05) is 32.4 Å². The molecule has 1 atom stereocenters. The first-order valence-corrected chi connectivity index (χ1v) is 8.27. The lowest BCUT2D eigenvalue weighted by Crippen LogP contribution is -2.49. The highest BCUT2D eigenvalue weighted by atomic mass is 16.2.